The molecule has 0 aliphatic heterocycles. The molecule has 280 valence electrons. The van der Waals surface area contributed by atoms with Crippen LogP contribution in [0.1, 0.15) is 77.9 Å². The molecule has 0 amide bonds. The Morgan fingerprint density at radius 3 is 0.862 bits per heavy atom. The van der Waals surface area contributed by atoms with Crippen LogP contribution in [0.2, 0.25) is 0 Å². The van der Waals surface area contributed by atoms with Crippen molar-refractivity contribution < 1.29 is 0 Å². The van der Waals surface area contributed by atoms with Gasteiger partial charge >= 0.3 is 0 Å². The van der Waals surface area contributed by atoms with Gasteiger partial charge in [0.1, 0.15) is 0 Å². The Morgan fingerprint density at radius 2 is 0.569 bits per heavy atom. The molecule has 0 unspecified atom stereocenters. The van der Waals surface area contributed by atoms with Gasteiger partial charge in [-0.25, -0.2) is 0 Å². The van der Waals surface area contributed by atoms with Crippen molar-refractivity contribution in [3.05, 3.63) is 260 Å². The normalized spacial score (nSPS) is 11.3. The Balaban J connectivity index is 1.05. The lowest BCUT2D eigenvalue weighted by Crippen LogP contribution is -1.89. The molecule has 0 saturated heterocycles. The average molecular weight is 745 g/mol. The van der Waals surface area contributed by atoms with Crippen molar-refractivity contribution in [1.82, 2.24) is 0 Å². The molecule has 0 aliphatic carbocycles. The minimum atomic E-state index is 1.16. The third-order valence-electron chi connectivity index (χ3n) is 10.8. The maximum absolute atomic E-state index is 2.30. The molecule has 8 aromatic rings. The molecule has 0 bridgehead atoms. The lowest BCUT2D eigenvalue weighted by Gasteiger charge is -2.10. The van der Waals surface area contributed by atoms with Crippen LogP contribution >= 0.6 is 0 Å². The van der Waals surface area contributed by atoms with Gasteiger partial charge in [0.15, 0.2) is 0 Å². The van der Waals surface area contributed by atoms with Crippen LogP contribution in [0.4, 0.5) is 0 Å². The first kappa shape index (κ1) is 37.9. The first-order valence-electron chi connectivity index (χ1n) is 20.1. The van der Waals surface area contributed by atoms with Crippen molar-refractivity contribution in [2.24, 2.45) is 0 Å². The second-order valence-corrected chi connectivity index (χ2v) is 15.4. The summed E-state index contributed by atoms with van der Waals surface area (Å²) in [4.78, 5) is 0. The van der Waals surface area contributed by atoms with Gasteiger partial charge in [-0.1, -0.05) is 216 Å². The summed E-state index contributed by atoms with van der Waals surface area (Å²) in [6, 6.07) is 66.1. The average Bonchev–Trinajstić information content (AvgIpc) is 3.25. The quantitative estimate of drug-likeness (QED) is 0.122. The molecule has 58 heavy (non-hydrogen) atoms. The van der Waals surface area contributed by atoms with Gasteiger partial charge in [0.2, 0.25) is 0 Å². The first-order valence-corrected chi connectivity index (χ1v) is 20.1. The minimum Gasteiger partial charge on any atom is -0.0616 e. The summed E-state index contributed by atoms with van der Waals surface area (Å²) in [7, 11) is 0. The van der Waals surface area contributed by atoms with E-state index in [2.05, 4.69) is 246 Å². The number of aryl methyl sites for hydroxylation is 4. The number of rotatable bonds is 10. The predicted octanol–water partition coefficient (Wildman–Crippen LogP) is 15.6. The largest absolute Gasteiger partial charge is 0.0616 e. The van der Waals surface area contributed by atoms with Crippen LogP contribution in [0.25, 0.3) is 58.4 Å². The summed E-state index contributed by atoms with van der Waals surface area (Å²) in [6.07, 6.45) is 13.5. The summed E-state index contributed by atoms with van der Waals surface area (Å²) in [5.74, 6) is 0. The van der Waals surface area contributed by atoms with Gasteiger partial charge in [-0.2, -0.15) is 0 Å². The number of benzene rings is 8. The van der Waals surface area contributed by atoms with Gasteiger partial charge < -0.3 is 0 Å². The highest BCUT2D eigenvalue weighted by Gasteiger charge is 2.08. The van der Waals surface area contributed by atoms with Crippen molar-refractivity contribution in [3.8, 4) is 0 Å². The molecule has 0 nitrogen and oxygen atoms in total. The van der Waals surface area contributed by atoms with Crippen LogP contribution in [-0.4, -0.2) is 0 Å². The monoisotopic (exact) mass is 744 g/mol. The third kappa shape index (κ3) is 9.32. The molecule has 0 heteroatoms. The fourth-order valence-electron chi connectivity index (χ4n) is 7.28. The fourth-order valence-corrected chi connectivity index (χ4v) is 7.28. The maximum atomic E-state index is 2.30. The SMILES string of the molecule is Cc1ccc(C(=Cc2ccc(/C=C/c3cc4ccccc4cc3/C=C/c3ccc(C=C(c4ccc(C)cc4)c4ccc(C)cc4)cc3)cc2)c2ccc(C)cc2)cc1. The maximum Gasteiger partial charge on any atom is -0.0105 e. The highest BCUT2D eigenvalue weighted by atomic mass is 14.1. The minimum absolute atomic E-state index is 1.16. The van der Waals surface area contributed by atoms with E-state index in [0.717, 1.165) is 11.1 Å². The van der Waals surface area contributed by atoms with E-state index in [-0.39, 0.29) is 0 Å². The summed E-state index contributed by atoms with van der Waals surface area (Å²) >= 11 is 0. The van der Waals surface area contributed by atoms with Gasteiger partial charge in [0.05, 0.1) is 0 Å². The molecular formula is C58H48. The van der Waals surface area contributed by atoms with E-state index in [9.17, 15) is 0 Å². The van der Waals surface area contributed by atoms with E-state index in [0.29, 0.717) is 0 Å². The van der Waals surface area contributed by atoms with Crippen molar-refractivity contribution in [2.45, 2.75) is 27.7 Å². The van der Waals surface area contributed by atoms with Crippen molar-refractivity contribution in [1.29, 1.82) is 0 Å². The van der Waals surface area contributed by atoms with Crippen molar-refractivity contribution in [2.75, 3.05) is 0 Å². The molecule has 0 fully saturated rings. The lowest BCUT2D eigenvalue weighted by molar-refractivity contribution is 1.43. The van der Waals surface area contributed by atoms with Crippen molar-refractivity contribution in [3.63, 3.8) is 0 Å². The van der Waals surface area contributed by atoms with Gasteiger partial charge in [-0.05, 0) is 130 Å². The topological polar surface area (TPSA) is 0 Å². The Morgan fingerprint density at radius 1 is 0.293 bits per heavy atom. The molecule has 8 rings (SSSR count). The molecule has 0 radical (unpaired) electrons. The molecule has 0 N–H and O–H groups in total. The van der Waals surface area contributed by atoms with Crippen LogP contribution in [0, 0.1) is 27.7 Å². The third-order valence-corrected chi connectivity index (χ3v) is 10.8. The van der Waals surface area contributed by atoms with Gasteiger partial charge in [-0.3, -0.25) is 0 Å². The molecule has 0 heterocycles. The van der Waals surface area contributed by atoms with Crippen LogP contribution in [-0.2, 0) is 0 Å². The van der Waals surface area contributed by atoms with E-state index >= 15 is 0 Å². The highest BCUT2D eigenvalue weighted by molar-refractivity contribution is 5.94. The predicted molar refractivity (Wildman–Crippen MR) is 253 cm³/mol. The first-order chi connectivity index (χ1) is 28.3. The van der Waals surface area contributed by atoms with Crippen LogP contribution in [0.3, 0.4) is 0 Å². The zero-order chi connectivity index (χ0) is 39.8. The Labute approximate surface area is 344 Å². The van der Waals surface area contributed by atoms with Gasteiger partial charge in [0, 0.05) is 0 Å². The second-order valence-electron chi connectivity index (χ2n) is 15.4. The second kappa shape index (κ2) is 17.4. The van der Waals surface area contributed by atoms with Crippen molar-refractivity contribution >= 4 is 58.4 Å². The van der Waals surface area contributed by atoms with Gasteiger partial charge in [-0.15, -0.1) is 0 Å². The highest BCUT2D eigenvalue weighted by Crippen LogP contribution is 2.30. The molecule has 0 spiro atoms. The van der Waals surface area contributed by atoms with E-state index in [1.165, 1.54) is 88.7 Å². The standard InChI is InChI=1S/C58H48/c1-41-9-27-49(28-10-41)57(50-29-11-42(2)12-30-50)37-47-21-17-45(18-22-47)25-35-55-39-53-7-5-6-8-54(53)40-56(55)36-26-46-19-23-48(24-20-46)38-58(51-31-13-43(3)14-32-51)52-33-15-44(4)16-34-52/h5-40H,1-4H3/b35-25+,36-26+. The molecule has 0 aliphatic rings. The molecule has 8 aromatic carbocycles. The van der Waals surface area contributed by atoms with Crippen LogP contribution in [0.5, 0.6) is 0 Å². The number of hydrogen-bond donors (Lipinski definition) is 0. The zero-order valence-electron chi connectivity index (χ0n) is 33.8. The smallest absolute Gasteiger partial charge is 0.0105 e. The number of fused-ring (bicyclic) bond motifs is 1. The van der Waals surface area contributed by atoms with Crippen LogP contribution in [0.15, 0.2) is 182 Å². The summed E-state index contributed by atoms with van der Waals surface area (Å²) in [5, 5.41) is 2.46. The zero-order valence-corrected chi connectivity index (χ0v) is 33.8. The molecular weight excluding hydrogens is 697 g/mol. The fraction of sp³-hybridized carbons (Fsp3) is 0.0690. The van der Waals surface area contributed by atoms with E-state index in [1.807, 2.05) is 0 Å². The summed E-state index contributed by atoms with van der Waals surface area (Å²) in [6.45, 7) is 8.54. The number of hydrogen-bond acceptors (Lipinski definition) is 0. The van der Waals surface area contributed by atoms with E-state index in [4.69, 9.17) is 0 Å². The summed E-state index contributed by atoms with van der Waals surface area (Å²) in [5.41, 5.74) is 19.4. The van der Waals surface area contributed by atoms with Crippen LogP contribution < -0.4 is 0 Å². The molecule has 0 aromatic heterocycles. The lowest BCUT2D eigenvalue weighted by atomic mass is 9.94. The van der Waals surface area contributed by atoms with Gasteiger partial charge in [0.25, 0.3) is 0 Å². The Kier molecular flexibility index (Phi) is 11.4. The Bertz CT molecular complexity index is 2480. The van der Waals surface area contributed by atoms with E-state index < -0.39 is 0 Å². The molecule has 0 atom stereocenters. The molecule has 0 saturated carbocycles. The Hall–Kier alpha value is -7.02. The van der Waals surface area contributed by atoms with E-state index in [1.54, 1.807) is 0 Å². The summed E-state index contributed by atoms with van der Waals surface area (Å²) < 4.78 is 0.